The number of hydrogen-bond acceptors (Lipinski definition) is 2. The summed E-state index contributed by atoms with van der Waals surface area (Å²) in [6, 6.07) is 81.4. The van der Waals surface area contributed by atoms with Crippen molar-refractivity contribution in [2.24, 2.45) is 0 Å². The van der Waals surface area contributed by atoms with Crippen LogP contribution in [0.5, 0.6) is 0 Å². The highest BCUT2D eigenvalue weighted by Crippen LogP contribution is 2.47. The van der Waals surface area contributed by atoms with Gasteiger partial charge in [-0.15, -0.1) is 0 Å². The first kappa shape index (κ1) is 34.1. The van der Waals surface area contributed by atoms with Gasteiger partial charge in [-0.1, -0.05) is 176 Å². The third kappa shape index (κ3) is 5.50. The average Bonchev–Trinajstić information content (AvgIpc) is 3.70. The van der Waals surface area contributed by atoms with Crippen molar-refractivity contribution >= 4 is 82.1 Å². The zero-order valence-electron chi connectivity index (χ0n) is 32.7. The van der Waals surface area contributed by atoms with E-state index >= 15 is 0 Å². The number of benzene rings is 11. The lowest BCUT2D eigenvalue weighted by molar-refractivity contribution is 0.669. The number of para-hydroxylation sites is 1. The van der Waals surface area contributed by atoms with Crippen LogP contribution in [0.1, 0.15) is 0 Å². The third-order valence-electron chi connectivity index (χ3n) is 12.2. The van der Waals surface area contributed by atoms with Gasteiger partial charge < -0.3 is 9.32 Å². The van der Waals surface area contributed by atoms with E-state index in [1.165, 1.54) is 65.3 Å². The molecule has 280 valence electrons. The van der Waals surface area contributed by atoms with Crippen molar-refractivity contribution in [1.29, 1.82) is 0 Å². The van der Waals surface area contributed by atoms with Crippen molar-refractivity contribution in [3.05, 3.63) is 224 Å². The third-order valence-corrected chi connectivity index (χ3v) is 12.2. The molecule has 0 amide bonds. The van der Waals surface area contributed by atoms with Gasteiger partial charge in [0.1, 0.15) is 11.2 Å². The summed E-state index contributed by atoms with van der Waals surface area (Å²) in [5.41, 5.74) is 12.3. The summed E-state index contributed by atoms with van der Waals surface area (Å²) in [7, 11) is 0. The van der Waals surface area contributed by atoms with Gasteiger partial charge in [-0.05, 0) is 120 Å². The first-order valence-corrected chi connectivity index (χ1v) is 20.6. The monoisotopic (exact) mass is 763 g/mol. The molecule has 0 radical (unpaired) electrons. The number of nitrogens with zero attached hydrogens (tertiary/aromatic N) is 1. The van der Waals surface area contributed by atoms with E-state index in [0.29, 0.717) is 0 Å². The molecule has 0 unspecified atom stereocenters. The molecule has 0 saturated heterocycles. The second-order valence-electron chi connectivity index (χ2n) is 15.6. The molecule has 11 aromatic carbocycles. The van der Waals surface area contributed by atoms with Crippen molar-refractivity contribution in [1.82, 2.24) is 0 Å². The van der Waals surface area contributed by atoms with Gasteiger partial charge in [-0.2, -0.15) is 0 Å². The second kappa shape index (κ2) is 13.9. The molecule has 1 heterocycles. The SMILES string of the molecule is c1ccc(-c2c(-c3ccccc3)c3cc(-c4cccc(N(c5ccc6oc7ccccc7c6c5)c5cccc6c5ccc5ccccc56)c4)ccc3c3ccccc23)cc1. The predicted molar refractivity (Wildman–Crippen MR) is 255 cm³/mol. The normalized spacial score (nSPS) is 11.7. The van der Waals surface area contributed by atoms with Gasteiger partial charge in [0.2, 0.25) is 0 Å². The molecule has 60 heavy (non-hydrogen) atoms. The van der Waals surface area contributed by atoms with Crippen LogP contribution in [0, 0.1) is 0 Å². The molecular formula is C58H37NO. The quantitative estimate of drug-likeness (QED) is 0.157. The van der Waals surface area contributed by atoms with E-state index in [9.17, 15) is 0 Å². The minimum absolute atomic E-state index is 0.880. The van der Waals surface area contributed by atoms with Gasteiger partial charge >= 0.3 is 0 Å². The highest BCUT2D eigenvalue weighted by Gasteiger charge is 2.21. The molecule has 0 atom stereocenters. The van der Waals surface area contributed by atoms with Gasteiger partial charge in [0.25, 0.3) is 0 Å². The van der Waals surface area contributed by atoms with E-state index in [2.05, 4.69) is 217 Å². The van der Waals surface area contributed by atoms with Crippen molar-refractivity contribution in [3.8, 4) is 33.4 Å². The number of anilines is 3. The van der Waals surface area contributed by atoms with Crippen LogP contribution < -0.4 is 4.90 Å². The summed E-state index contributed by atoms with van der Waals surface area (Å²) >= 11 is 0. The summed E-state index contributed by atoms with van der Waals surface area (Å²) < 4.78 is 6.32. The zero-order chi connectivity index (χ0) is 39.6. The maximum atomic E-state index is 6.32. The fraction of sp³-hybridized carbons (Fsp3) is 0. The smallest absolute Gasteiger partial charge is 0.135 e. The van der Waals surface area contributed by atoms with Crippen molar-refractivity contribution in [3.63, 3.8) is 0 Å². The maximum Gasteiger partial charge on any atom is 0.135 e. The molecule has 0 fully saturated rings. The van der Waals surface area contributed by atoms with E-state index < -0.39 is 0 Å². The van der Waals surface area contributed by atoms with Crippen molar-refractivity contribution in [2.75, 3.05) is 4.90 Å². The number of fused-ring (bicyclic) bond motifs is 9. The van der Waals surface area contributed by atoms with Gasteiger partial charge in [0, 0.05) is 27.5 Å². The Labute approximate surface area is 347 Å². The molecule has 0 bridgehead atoms. The van der Waals surface area contributed by atoms with E-state index in [1.54, 1.807) is 0 Å². The Balaban J connectivity index is 1.10. The number of furan rings is 1. The minimum Gasteiger partial charge on any atom is -0.456 e. The standard InChI is InChI=1S/C58H37NO/c1-3-16-39(17-4-1)57-51-25-10-9-23-47(51)48-32-30-42(36-53(48)58(57)40-18-5-2-6-19-40)41-20-13-21-43(35-41)59(44-31-34-56-52(37-44)50-24-11-12-28-55(50)60-56)54-27-14-26-46-45-22-8-7-15-38(45)29-33-49(46)54/h1-37H. The fourth-order valence-corrected chi connectivity index (χ4v) is 9.50. The first-order chi connectivity index (χ1) is 29.8. The highest BCUT2D eigenvalue weighted by molar-refractivity contribution is 6.22. The molecular weight excluding hydrogens is 727 g/mol. The Kier molecular flexibility index (Phi) is 7.89. The number of rotatable bonds is 6. The fourth-order valence-electron chi connectivity index (χ4n) is 9.50. The first-order valence-electron chi connectivity index (χ1n) is 20.6. The lowest BCUT2D eigenvalue weighted by Crippen LogP contribution is -2.10. The predicted octanol–water partition coefficient (Wildman–Crippen LogP) is 16.7. The molecule has 0 N–H and O–H groups in total. The van der Waals surface area contributed by atoms with Crippen molar-refractivity contribution < 1.29 is 4.42 Å². The molecule has 0 saturated carbocycles. The van der Waals surface area contributed by atoms with E-state index in [1.807, 2.05) is 12.1 Å². The van der Waals surface area contributed by atoms with Crippen LogP contribution in [0.3, 0.4) is 0 Å². The molecule has 2 nitrogen and oxygen atoms in total. The summed E-state index contributed by atoms with van der Waals surface area (Å²) in [6.45, 7) is 0. The van der Waals surface area contributed by atoms with Crippen LogP contribution in [0.4, 0.5) is 17.1 Å². The molecule has 12 rings (SSSR count). The van der Waals surface area contributed by atoms with Crippen LogP contribution in [-0.4, -0.2) is 0 Å². The van der Waals surface area contributed by atoms with Crippen LogP contribution in [0.15, 0.2) is 229 Å². The summed E-state index contributed by atoms with van der Waals surface area (Å²) in [6.07, 6.45) is 0. The Morgan fingerprint density at radius 2 is 0.817 bits per heavy atom. The molecule has 0 aliphatic rings. The molecule has 12 aromatic rings. The summed E-state index contributed by atoms with van der Waals surface area (Å²) in [5.74, 6) is 0. The van der Waals surface area contributed by atoms with E-state index in [0.717, 1.165) is 50.1 Å². The van der Waals surface area contributed by atoms with Crippen LogP contribution in [0.25, 0.3) is 98.4 Å². The largest absolute Gasteiger partial charge is 0.456 e. The minimum atomic E-state index is 0.880. The highest BCUT2D eigenvalue weighted by atomic mass is 16.3. The zero-order valence-corrected chi connectivity index (χ0v) is 32.7. The average molecular weight is 764 g/mol. The van der Waals surface area contributed by atoms with E-state index in [4.69, 9.17) is 4.42 Å². The van der Waals surface area contributed by atoms with Crippen LogP contribution >= 0.6 is 0 Å². The lowest BCUT2D eigenvalue weighted by Gasteiger charge is -2.27. The van der Waals surface area contributed by atoms with Crippen LogP contribution in [-0.2, 0) is 0 Å². The van der Waals surface area contributed by atoms with Gasteiger partial charge in [-0.3, -0.25) is 0 Å². The summed E-state index contributed by atoms with van der Waals surface area (Å²) in [5, 5.41) is 12.1. The molecule has 0 spiro atoms. The molecule has 0 aliphatic heterocycles. The van der Waals surface area contributed by atoms with Crippen LogP contribution in [0.2, 0.25) is 0 Å². The second-order valence-corrected chi connectivity index (χ2v) is 15.6. The molecule has 1 aromatic heterocycles. The molecule has 0 aliphatic carbocycles. The van der Waals surface area contributed by atoms with E-state index in [-0.39, 0.29) is 0 Å². The topological polar surface area (TPSA) is 16.4 Å². The van der Waals surface area contributed by atoms with Gasteiger partial charge in [0.15, 0.2) is 0 Å². The Bertz CT molecular complexity index is 3600. The van der Waals surface area contributed by atoms with Gasteiger partial charge in [0.05, 0.1) is 5.69 Å². The van der Waals surface area contributed by atoms with Crippen molar-refractivity contribution in [2.45, 2.75) is 0 Å². The van der Waals surface area contributed by atoms with Gasteiger partial charge in [-0.25, -0.2) is 0 Å². The lowest BCUT2D eigenvalue weighted by atomic mass is 9.84. The molecule has 2 heteroatoms. The Morgan fingerprint density at radius 1 is 0.267 bits per heavy atom. The summed E-state index contributed by atoms with van der Waals surface area (Å²) in [4.78, 5) is 2.42. The maximum absolute atomic E-state index is 6.32. The number of hydrogen-bond donors (Lipinski definition) is 0. The Morgan fingerprint density at radius 3 is 1.63 bits per heavy atom. The Hall–Kier alpha value is -7.94.